The van der Waals surface area contributed by atoms with E-state index < -0.39 is 70.9 Å². The summed E-state index contributed by atoms with van der Waals surface area (Å²) >= 11 is 0. The van der Waals surface area contributed by atoms with Crippen molar-refractivity contribution < 1.29 is 35.8 Å². The minimum Gasteiger partial charge on any atom is -0.494 e. The fourth-order valence-corrected chi connectivity index (χ4v) is 3.90. The molecule has 0 spiro atoms. The molecule has 4 rings (SSSR count). The van der Waals surface area contributed by atoms with Crippen LogP contribution in [0.15, 0.2) is 46.5 Å². The Morgan fingerprint density at radius 2 is 1.79 bits per heavy atom. The van der Waals surface area contributed by atoms with Crippen LogP contribution in [0.3, 0.4) is 0 Å². The van der Waals surface area contributed by atoms with Crippen molar-refractivity contribution in [2.45, 2.75) is 38.3 Å². The van der Waals surface area contributed by atoms with Gasteiger partial charge in [-0.25, -0.2) is 28.2 Å². The topological polar surface area (TPSA) is 112 Å². The molecule has 0 saturated heterocycles. The van der Waals surface area contributed by atoms with Gasteiger partial charge in [0.15, 0.2) is 34.5 Å². The predicted octanol–water partition coefficient (Wildman–Crippen LogP) is 4.04. The molecule has 0 bridgehead atoms. The summed E-state index contributed by atoms with van der Waals surface area (Å²) in [6, 6.07) is 2.45. The summed E-state index contributed by atoms with van der Waals surface area (Å²) in [5, 5.41) is 4.30. The second-order valence-corrected chi connectivity index (χ2v) is 8.43. The molecule has 0 aliphatic rings. The van der Waals surface area contributed by atoms with Crippen LogP contribution in [-0.2, 0) is 12.7 Å². The number of H-pyrrole nitrogens is 1. The number of ether oxygens (including phenoxy) is 2. The number of hydrogen-bond donors (Lipinski definition) is 1. The lowest BCUT2D eigenvalue weighted by atomic mass is 10.1. The number of nitrogens with zero attached hydrogens (tertiary/aromatic N) is 4. The lowest BCUT2D eigenvalue weighted by Crippen LogP contribution is -2.29. The summed E-state index contributed by atoms with van der Waals surface area (Å²) in [5.41, 5.74) is -4.48. The molecule has 3 aromatic heterocycles. The number of nitrogens with one attached hydrogen (secondary N) is 1. The second kappa shape index (κ2) is 10.7. The van der Waals surface area contributed by atoms with Gasteiger partial charge in [-0.05, 0) is 24.4 Å². The third-order valence-electron chi connectivity index (χ3n) is 5.67. The molecule has 0 saturated carbocycles. The third kappa shape index (κ3) is 5.71. The van der Waals surface area contributed by atoms with Crippen LogP contribution in [0, 0.1) is 11.6 Å². The molecule has 2 atom stereocenters. The van der Waals surface area contributed by atoms with Gasteiger partial charge in [0, 0.05) is 12.6 Å². The number of aromatic amines is 1. The van der Waals surface area contributed by atoms with Crippen molar-refractivity contribution in [2.24, 2.45) is 0 Å². The zero-order valence-corrected chi connectivity index (χ0v) is 20.2. The van der Waals surface area contributed by atoms with Gasteiger partial charge in [0.1, 0.15) is 6.17 Å². The van der Waals surface area contributed by atoms with Gasteiger partial charge in [-0.15, -0.1) is 0 Å². The first kappa shape index (κ1) is 27.6. The Hall–Kier alpha value is -4.43. The van der Waals surface area contributed by atoms with E-state index in [-0.39, 0.29) is 16.8 Å². The maximum absolute atomic E-state index is 15.0. The molecule has 0 fully saturated rings. The molecule has 0 unspecified atom stereocenters. The first-order valence-electron chi connectivity index (χ1n) is 11.2. The highest BCUT2D eigenvalue weighted by molar-refractivity contribution is 5.86. The van der Waals surface area contributed by atoms with E-state index in [4.69, 9.17) is 9.47 Å². The minimum absolute atomic E-state index is 0.0122. The molecule has 0 radical (unpaired) electrons. The van der Waals surface area contributed by atoms with E-state index in [1.807, 2.05) is 0 Å². The number of halogens is 6. The summed E-state index contributed by atoms with van der Waals surface area (Å²) in [6.45, 7) is 0.627. The van der Waals surface area contributed by atoms with E-state index in [1.54, 1.807) is 5.10 Å². The Kier molecular flexibility index (Phi) is 7.60. The number of pyridine rings is 1. The van der Waals surface area contributed by atoms with E-state index in [0.29, 0.717) is 11.9 Å². The van der Waals surface area contributed by atoms with Gasteiger partial charge < -0.3 is 14.0 Å². The van der Waals surface area contributed by atoms with Crippen LogP contribution in [-0.4, -0.2) is 44.1 Å². The van der Waals surface area contributed by atoms with Crippen molar-refractivity contribution in [2.75, 3.05) is 7.11 Å². The van der Waals surface area contributed by atoms with Crippen LogP contribution in [0.5, 0.6) is 11.5 Å². The van der Waals surface area contributed by atoms with Gasteiger partial charge >= 0.3 is 6.18 Å². The number of rotatable bonds is 8. The monoisotopic (exact) mass is 555 g/mol. The molecule has 39 heavy (non-hydrogen) atoms. The van der Waals surface area contributed by atoms with Gasteiger partial charge in [-0.3, -0.25) is 9.59 Å². The lowest BCUT2D eigenvalue weighted by Gasteiger charge is -2.19. The number of hydrogen-bond acceptors (Lipinski definition) is 7. The number of aromatic nitrogens is 5. The van der Waals surface area contributed by atoms with Crippen molar-refractivity contribution in [3.05, 3.63) is 74.8 Å². The van der Waals surface area contributed by atoms with Crippen molar-refractivity contribution in [3.63, 3.8) is 0 Å². The summed E-state index contributed by atoms with van der Waals surface area (Å²) in [4.78, 5) is 32.3. The van der Waals surface area contributed by atoms with E-state index in [0.717, 1.165) is 4.57 Å². The molecule has 1 aromatic carbocycles. The fourth-order valence-electron chi connectivity index (χ4n) is 3.90. The van der Waals surface area contributed by atoms with Gasteiger partial charge in [0.25, 0.3) is 11.1 Å². The molecule has 15 heteroatoms. The van der Waals surface area contributed by atoms with Crippen LogP contribution >= 0.6 is 0 Å². The van der Waals surface area contributed by atoms with Crippen LogP contribution in [0.4, 0.5) is 26.3 Å². The summed E-state index contributed by atoms with van der Waals surface area (Å²) in [6.07, 6.45) is -4.25. The second-order valence-electron chi connectivity index (χ2n) is 8.43. The number of methoxy groups -OCH3 is 1. The smallest absolute Gasteiger partial charge is 0.425 e. The van der Waals surface area contributed by atoms with Crippen LogP contribution in [0.1, 0.15) is 18.9 Å². The van der Waals surface area contributed by atoms with Crippen molar-refractivity contribution in [1.82, 2.24) is 24.7 Å². The Labute approximate surface area is 215 Å². The first-order valence-corrected chi connectivity index (χ1v) is 11.2. The molecular weight excluding hydrogens is 536 g/mol. The van der Waals surface area contributed by atoms with Crippen LogP contribution in [0.25, 0.3) is 22.2 Å². The molecule has 9 nitrogen and oxygen atoms in total. The van der Waals surface area contributed by atoms with Crippen LogP contribution < -0.4 is 20.6 Å². The number of fused-ring (bicyclic) bond motifs is 1. The van der Waals surface area contributed by atoms with E-state index >= 15 is 0 Å². The van der Waals surface area contributed by atoms with Crippen molar-refractivity contribution in [3.8, 4) is 22.9 Å². The normalized spacial score (nSPS) is 13.3. The SMILES string of the molecule is COc1cnc(-c2cc3ccn(C[C@@H](F)C[C@@H](C)Oc4cn[nH]c(=O)c4C(F)(F)F)c(=O)c3c(F)c2F)nc1. The van der Waals surface area contributed by atoms with Gasteiger partial charge in [-0.2, -0.15) is 18.3 Å². The quantitative estimate of drug-likeness (QED) is 0.327. The maximum atomic E-state index is 15.0. The average Bonchev–Trinajstić information content (AvgIpc) is 2.87. The van der Waals surface area contributed by atoms with Crippen molar-refractivity contribution in [1.29, 1.82) is 0 Å². The highest BCUT2D eigenvalue weighted by Crippen LogP contribution is 2.33. The van der Waals surface area contributed by atoms with Gasteiger partial charge in [0.05, 0.1) is 49.3 Å². The summed E-state index contributed by atoms with van der Waals surface area (Å²) < 4.78 is 95.1. The highest BCUT2D eigenvalue weighted by atomic mass is 19.4. The standard InChI is InChI=1S/C24H19F6N5O4/c1-11(39-16-9-33-34-22(36)18(16)24(28,29)30)5-13(25)10-35-4-3-12-6-15(19(26)20(27)17(12)23(35)37)21-31-7-14(38-2)8-32-21/h3-4,6-9,11,13H,5,10H2,1-2H3,(H,34,36)/t11-,13+/m1/s1. The van der Waals surface area contributed by atoms with E-state index in [2.05, 4.69) is 15.1 Å². The molecule has 3 heterocycles. The van der Waals surface area contributed by atoms with Crippen LogP contribution in [0.2, 0.25) is 0 Å². The third-order valence-corrected chi connectivity index (χ3v) is 5.67. The molecule has 0 aliphatic carbocycles. The largest absolute Gasteiger partial charge is 0.494 e. The van der Waals surface area contributed by atoms with Crippen molar-refractivity contribution >= 4 is 10.8 Å². The molecule has 0 aliphatic heterocycles. The minimum atomic E-state index is -5.04. The molecule has 1 N–H and O–H groups in total. The van der Waals surface area contributed by atoms with Gasteiger partial charge in [0.2, 0.25) is 0 Å². The fraction of sp³-hybridized carbons (Fsp3) is 0.292. The number of benzene rings is 1. The average molecular weight is 555 g/mol. The zero-order chi connectivity index (χ0) is 28.5. The maximum Gasteiger partial charge on any atom is 0.425 e. The Balaban J connectivity index is 1.55. The predicted molar refractivity (Wildman–Crippen MR) is 125 cm³/mol. The Bertz CT molecular complexity index is 1620. The summed E-state index contributed by atoms with van der Waals surface area (Å²) in [7, 11) is 1.38. The van der Waals surface area contributed by atoms with E-state index in [1.165, 1.54) is 44.8 Å². The summed E-state index contributed by atoms with van der Waals surface area (Å²) in [5.74, 6) is -3.61. The molecule has 206 valence electrons. The number of alkyl halides is 4. The first-order chi connectivity index (χ1) is 18.4. The van der Waals surface area contributed by atoms with Gasteiger partial charge in [-0.1, -0.05) is 0 Å². The molecule has 0 amide bonds. The highest BCUT2D eigenvalue weighted by Gasteiger charge is 2.38. The Morgan fingerprint density at radius 3 is 2.44 bits per heavy atom. The lowest BCUT2D eigenvalue weighted by molar-refractivity contribution is -0.140. The zero-order valence-electron chi connectivity index (χ0n) is 20.2. The molecule has 4 aromatic rings. The Morgan fingerprint density at radius 1 is 1.10 bits per heavy atom. The molecular formula is C24H19F6N5O4. The van der Waals surface area contributed by atoms with E-state index in [9.17, 15) is 35.9 Å².